The number of carbonyl (C=O) groups excluding carboxylic acids is 2. The Morgan fingerprint density at radius 3 is 2.36 bits per heavy atom. The number of hydroxylamine groups is 2. The molecule has 0 bridgehead atoms. The predicted octanol–water partition coefficient (Wildman–Crippen LogP) is -0.431. The number of nitrogens with zero attached hydrogens (tertiary/aromatic N) is 1. The molecule has 5 heteroatoms. The summed E-state index contributed by atoms with van der Waals surface area (Å²) in [5, 5.41) is 0.989. The van der Waals surface area contributed by atoms with Gasteiger partial charge in [0.2, 0.25) is 0 Å². The molecule has 0 radical (unpaired) electrons. The van der Waals surface area contributed by atoms with E-state index in [1.54, 1.807) is 0 Å². The summed E-state index contributed by atoms with van der Waals surface area (Å²) in [6.07, 6.45) is 0. The standard InChI is InChI=1S/C6H11NO4/c1-5(8)11-4-6(9)7(2)10-3/h4H2,1-3H3. The first-order chi connectivity index (χ1) is 5.07. The van der Waals surface area contributed by atoms with Crippen LogP contribution in [0.1, 0.15) is 6.92 Å². The minimum atomic E-state index is -0.483. The SMILES string of the molecule is CON(C)C(=O)COC(C)=O. The molecule has 0 fully saturated rings. The molecule has 0 saturated carbocycles. The van der Waals surface area contributed by atoms with Crippen molar-refractivity contribution in [1.82, 2.24) is 5.06 Å². The van der Waals surface area contributed by atoms with Gasteiger partial charge in [0, 0.05) is 14.0 Å². The summed E-state index contributed by atoms with van der Waals surface area (Å²) in [6, 6.07) is 0. The van der Waals surface area contributed by atoms with Gasteiger partial charge < -0.3 is 4.74 Å². The number of amides is 1. The lowest BCUT2D eigenvalue weighted by Gasteiger charge is -2.12. The normalized spacial score (nSPS) is 9.00. The van der Waals surface area contributed by atoms with E-state index in [1.807, 2.05) is 0 Å². The minimum Gasteiger partial charge on any atom is -0.456 e. The summed E-state index contributed by atoms with van der Waals surface area (Å²) in [5.74, 6) is -0.884. The van der Waals surface area contributed by atoms with E-state index in [9.17, 15) is 9.59 Å². The van der Waals surface area contributed by atoms with E-state index in [4.69, 9.17) is 0 Å². The number of hydrogen-bond acceptors (Lipinski definition) is 4. The molecule has 0 aromatic heterocycles. The van der Waals surface area contributed by atoms with Crippen molar-refractivity contribution in [3.63, 3.8) is 0 Å². The maximum Gasteiger partial charge on any atom is 0.303 e. The van der Waals surface area contributed by atoms with Crippen LogP contribution in [0.4, 0.5) is 0 Å². The molecule has 0 heterocycles. The highest BCUT2D eigenvalue weighted by Gasteiger charge is 2.08. The van der Waals surface area contributed by atoms with Gasteiger partial charge in [0.05, 0.1) is 7.11 Å². The van der Waals surface area contributed by atoms with Gasteiger partial charge >= 0.3 is 5.97 Å². The third kappa shape index (κ3) is 4.32. The van der Waals surface area contributed by atoms with Crippen LogP contribution in [0.5, 0.6) is 0 Å². The highest BCUT2D eigenvalue weighted by Crippen LogP contribution is 1.85. The smallest absolute Gasteiger partial charge is 0.303 e. The zero-order chi connectivity index (χ0) is 8.85. The van der Waals surface area contributed by atoms with E-state index in [0.717, 1.165) is 5.06 Å². The van der Waals surface area contributed by atoms with Gasteiger partial charge in [0.1, 0.15) is 0 Å². The number of carbonyl (C=O) groups is 2. The second-order valence-corrected chi connectivity index (χ2v) is 1.85. The molecule has 0 aromatic rings. The van der Waals surface area contributed by atoms with E-state index in [0.29, 0.717) is 0 Å². The van der Waals surface area contributed by atoms with Crippen LogP contribution in [0.3, 0.4) is 0 Å². The third-order valence-corrected chi connectivity index (χ3v) is 1.02. The molecule has 0 spiro atoms. The Hall–Kier alpha value is -1.10. The van der Waals surface area contributed by atoms with Crippen molar-refractivity contribution in [2.75, 3.05) is 20.8 Å². The molecular weight excluding hydrogens is 150 g/mol. The van der Waals surface area contributed by atoms with Crippen LogP contribution in [0.15, 0.2) is 0 Å². The lowest BCUT2D eigenvalue weighted by Crippen LogP contribution is -2.29. The van der Waals surface area contributed by atoms with E-state index < -0.39 is 11.9 Å². The lowest BCUT2D eigenvalue weighted by molar-refractivity contribution is -0.176. The van der Waals surface area contributed by atoms with Crippen molar-refractivity contribution in [2.24, 2.45) is 0 Å². The van der Waals surface area contributed by atoms with Gasteiger partial charge in [-0.25, -0.2) is 5.06 Å². The Morgan fingerprint density at radius 2 is 2.00 bits per heavy atom. The molecule has 0 N–H and O–H groups in total. The Kier molecular flexibility index (Phi) is 4.21. The monoisotopic (exact) mass is 161 g/mol. The van der Waals surface area contributed by atoms with Gasteiger partial charge in [-0.15, -0.1) is 0 Å². The van der Waals surface area contributed by atoms with Gasteiger partial charge in [0.25, 0.3) is 5.91 Å². The van der Waals surface area contributed by atoms with Crippen molar-refractivity contribution in [2.45, 2.75) is 6.92 Å². The lowest BCUT2D eigenvalue weighted by atomic mass is 10.6. The molecule has 0 rings (SSSR count). The van der Waals surface area contributed by atoms with Crippen molar-refractivity contribution in [3.8, 4) is 0 Å². The highest BCUT2D eigenvalue weighted by molar-refractivity contribution is 5.78. The number of ether oxygens (including phenoxy) is 1. The second kappa shape index (κ2) is 4.68. The maximum atomic E-state index is 10.8. The summed E-state index contributed by atoms with van der Waals surface area (Å²) < 4.78 is 4.42. The first kappa shape index (κ1) is 9.90. The molecule has 0 aliphatic heterocycles. The van der Waals surface area contributed by atoms with Crippen LogP contribution in [0.2, 0.25) is 0 Å². The van der Waals surface area contributed by atoms with Crippen molar-refractivity contribution < 1.29 is 19.2 Å². The number of rotatable bonds is 3. The summed E-state index contributed by atoms with van der Waals surface area (Å²) >= 11 is 0. The fourth-order valence-electron chi connectivity index (χ4n) is 0.356. The third-order valence-electron chi connectivity index (χ3n) is 1.02. The molecule has 0 unspecified atom stereocenters. The molecule has 0 aromatic carbocycles. The summed E-state index contributed by atoms with van der Waals surface area (Å²) in [4.78, 5) is 25.6. The van der Waals surface area contributed by atoms with Crippen LogP contribution in [-0.2, 0) is 19.2 Å². The average molecular weight is 161 g/mol. The van der Waals surface area contributed by atoms with Crippen LogP contribution in [0, 0.1) is 0 Å². The topological polar surface area (TPSA) is 55.8 Å². The number of likely N-dealkylation sites (N-methyl/N-ethyl adjacent to an activating group) is 1. The Balaban J connectivity index is 3.60. The quantitative estimate of drug-likeness (QED) is 0.416. The first-order valence-corrected chi connectivity index (χ1v) is 3.02. The van der Waals surface area contributed by atoms with Gasteiger partial charge in [-0.3, -0.25) is 14.4 Å². The van der Waals surface area contributed by atoms with Crippen molar-refractivity contribution in [3.05, 3.63) is 0 Å². The zero-order valence-corrected chi connectivity index (χ0v) is 6.79. The molecule has 0 aliphatic carbocycles. The van der Waals surface area contributed by atoms with Crippen LogP contribution in [0.25, 0.3) is 0 Å². The Morgan fingerprint density at radius 1 is 1.45 bits per heavy atom. The largest absolute Gasteiger partial charge is 0.456 e. The van der Waals surface area contributed by atoms with Gasteiger partial charge in [-0.1, -0.05) is 0 Å². The van der Waals surface area contributed by atoms with Crippen molar-refractivity contribution in [1.29, 1.82) is 0 Å². The molecular formula is C6H11NO4. The molecule has 0 aliphatic rings. The fraction of sp³-hybridized carbons (Fsp3) is 0.667. The minimum absolute atomic E-state index is 0.278. The molecule has 5 nitrogen and oxygen atoms in total. The zero-order valence-electron chi connectivity index (χ0n) is 6.79. The molecule has 1 amide bonds. The highest BCUT2D eigenvalue weighted by atomic mass is 16.7. The van der Waals surface area contributed by atoms with Crippen LogP contribution >= 0.6 is 0 Å². The molecule has 0 atom stereocenters. The number of esters is 1. The molecule has 11 heavy (non-hydrogen) atoms. The molecule has 64 valence electrons. The Labute approximate surface area is 64.8 Å². The fourth-order valence-corrected chi connectivity index (χ4v) is 0.356. The van der Waals surface area contributed by atoms with E-state index in [1.165, 1.54) is 21.1 Å². The summed E-state index contributed by atoms with van der Waals surface area (Å²) in [6.45, 7) is 0.958. The van der Waals surface area contributed by atoms with Gasteiger partial charge in [0.15, 0.2) is 6.61 Å². The van der Waals surface area contributed by atoms with Crippen LogP contribution in [-0.4, -0.2) is 37.7 Å². The summed E-state index contributed by atoms with van der Waals surface area (Å²) in [7, 11) is 2.79. The van der Waals surface area contributed by atoms with E-state index in [-0.39, 0.29) is 6.61 Å². The van der Waals surface area contributed by atoms with Crippen LogP contribution < -0.4 is 0 Å². The predicted molar refractivity (Wildman–Crippen MR) is 36.4 cm³/mol. The molecule has 0 saturated heterocycles. The average Bonchev–Trinajstić information content (AvgIpc) is 1.98. The second-order valence-electron chi connectivity index (χ2n) is 1.85. The maximum absolute atomic E-state index is 10.8. The number of hydrogen-bond donors (Lipinski definition) is 0. The van der Waals surface area contributed by atoms with Crippen molar-refractivity contribution >= 4 is 11.9 Å². The van der Waals surface area contributed by atoms with E-state index >= 15 is 0 Å². The van der Waals surface area contributed by atoms with Gasteiger partial charge in [-0.2, -0.15) is 0 Å². The van der Waals surface area contributed by atoms with E-state index in [2.05, 4.69) is 9.57 Å². The first-order valence-electron chi connectivity index (χ1n) is 3.02. The van der Waals surface area contributed by atoms with Gasteiger partial charge in [-0.05, 0) is 0 Å². The Bertz CT molecular complexity index is 157. The summed E-state index contributed by atoms with van der Waals surface area (Å²) in [5.41, 5.74) is 0.